The van der Waals surface area contributed by atoms with Crippen molar-refractivity contribution >= 4 is 51.4 Å². The van der Waals surface area contributed by atoms with E-state index in [4.69, 9.17) is 16.6 Å². The molecule has 2 N–H and O–H groups in total. The van der Waals surface area contributed by atoms with Gasteiger partial charge in [0.25, 0.3) is 0 Å². The molecule has 0 spiro atoms. The normalized spacial score (nSPS) is 10.9. The number of hydrogen-bond donors (Lipinski definition) is 2. The predicted molar refractivity (Wildman–Crippen MR) is 146 cm³/mol. The largest absolute Gasteiger partial charge is 0.372 e. The van der Waals surface area contributed by atoms with Gasteiger partial charge in [0, 0.05) is 61.6 Å². The van der Waals surface area contributed by atoms with E-state index in [9.17, 15) is 4.79 Å². The lowest BCUT2D eigenvalue weighted by molar-refractivity contribution is -0.111. The number of pyridine rings is 2. The van der Waals surface area contributed by atoms with Crippen LogP contribution in [0.4, 0.5) is 23.0 Å². The Morgan fingerprint density at radius 3 is 2.67 bits per heavy atom. The van der Waals surface area contributed by atoms with Crippen molar-refractivity contribution in [1.29, 1.82) is 0 Å². The minimum Gasteiger partial charge on any atom is -0.372 e. The Bertz CT molecular complexity index is 1410. The Labute approximate surface area is 214 Å². The first-order chi connectivity index (χ1) is 17.3. The number of aromatic nitrogens is 4. The molecule has 0 fully saturated rings. The van der Waals surface area contributed by atoms with Crippen molar-refractivity contribution in [2.45, 2.75) is 0 Å². The Morgan fingerprint density at radius 1 is 1.08 bits per heavy atom. The molecule has 3 heterocycles. The van der Waals surface area contributed by atoms with Gasteiger partial charge in [0.1, 0.15) is 5.52 Å². The van der Waals surface area contributed by atoms with E-state index in [0.29, 0.717) is 33.6 Å². The molecule has 0 aliphatic carbocycles. The molecule has 184 valence electrons. The second kappa shape index (κ2) is 11.1. The summed E-state index contributed by atoms with van der Waals surface area (Å²) in [5.41, 5.74) is 4.34. The molecule has 4 aromatic rings. The highest BCUT2D eigenvalue weighted by Gasteiger charge is 2.13. The Balaban J connectivity index is 1.67. The van der Waals surface area contributed by atoms with Gasteiger partial charge in [0.2, 0.25) is 11.9 Å². The monoisotopic (exact) mass is 502 g/mol. The van der Waals surface area contributed by atoms with Crippen molar-refractivity contribution in [2.24, 2.45) is 0 Å². The van der Waals surface area contributed by atoms with Crippen molar-refractivity contribution in [3.8, 4) is 11.3 Å². The van der Waals surface area contributed by atoms with Crippen LogP contribution in [0.15, 0.2) is 67.8 Å². The van der Waals surface area contributed by atoms with E-state index in [0.717, 1.165) is 29.7 Å². The topological polar surface area (TPSA) is 99.2 Å². The van der Waals surface area contributed by atoms with Crippen LogP contribution in [0.3, 0.4) is 0 Å². The number of likely N-dealkylation sites (N-methyl/N-ethyl adjacent to an activating group) is 2. The molecule has 1 aromatic carbocycles. The second-order valence-electron chi connectivity index (χ2n) is 8.46. The molecular formula is C26H27ClN8O. The van der Waals surface area contributed by atoms with Crippen molar-refractivity contribution < 1.29 is 4.79 Å². The van der Waals surface area contributed by atoms with E-state index in [2.05, 4.69) is 42.0 Å². The lowest BCUT2D eigenvalue weighted by atomic mass is 10.1. The second-order valence-corrected chi connectivity index (χ2v) is 8.89. The summed E-state index contributed by atoms with van der Waals surface area (Å²) in [6.07, 6.45) is 7.95. The maximum Gasteiger partial charge on any atom is 0.247 e. The number of amides is 1. The van der Waals surface area contributed by atoms with Gasteiger partial charge in [-0.25, -0.2) is 9.97 Å². The molecule has 10 heteroatoms. The standard InChI is InChI=1S/C26H27ClN8O/c1-5-23(36)32-21-13-20(6-7-22(21)35(4)11-10-34(2)3)31-26-30-15-17-8-9-29-24(25(17)33-26)18-12-19(27)16-28-14-18/h5-9,12-16H,1,10-11H2,2-4H3,(H,32,36)(H,30,31,33). The number of carbonyl (C=O) groups excluding carboxylic acids is 1. The summed E-state index contributed by atoms with van der Waals surface area (Å²) in [6.45, 7) is 5.22. The first-order valence-corrected chi connectivity index (χ1v) is 11.6. The maximum atomic E-state index is 12.1. The third-order valence-electron chi connectivity index (χ3n) is 5.47. The molecule has 36 heavy (non-hydrogen) atoms. The molecule has 0 saturated carbocycles. The summed E-state index contributed by atoms with van der Waals surface area (Å²) in [5, 5.41) is 7.49. The highest BCUT2D eigenvalue weighted by molar-refractivity contribution is 6.30. The quantitative estimate of drug-likeness (QED) is 0.320. The SMILES string of the molecule is C=CC(=O)Nc1cc(Nc2ncc3ccnc(-c4cncc(Cl)c4)c3n2)ccc1N(C)CCN(C)C. The van der Waals surface area contributed by atoms with Crippen LogP contribution in [0.25, 0.3) is 22.2 Å². The van der Waals surface area contributed by atoms with Gasteiger partial charge in [-0.05, 0) is 50.5 Å². The van der Waals surface area contributed by atoms with Crippen LogP contribution >= 0.6 is 11.6 Å². The van der Waals surface area contributed by atoms with Gasteiger partial charge < -0.3 is 20.4 Å². The highest BCUT2D eigenvalue weighted by atomic mass is 35.5. The number of halogens is 1. The molecule has 9 nitrogen and oxygen atoms in total. The van der Waals surface area contributed by atoms with Gasteiger partial charge in [-0.3, -0.25) is 14.8 Å². The number of carbonyl (C=O) groups is 1. The molecule has 0 unspecified atom stereocenters. The number of benzene rings is 1. The van der Waals surface area contributed by atoms with Gasteiger partial charge in [-0.1, -0.05) is 18.2 Å². The summed E-state index contributed by atoms with van der Waals surface area (Å²) in [6, 6.07) is 9.36. The van der Waals surface area contributed by atoms with Crippen LogP contribution < -0.4 is 15.5 Å². The van der Waals surface area contributed by atoms with Crippen molar-refractivity contribution in [3.05, 3.63) is 72.8 Å². The molecule has 0 bridgehead atoms. The smallest absolute Gasteiger partial charge is 0.247 e. The van der Waals surface area contributed by atoms with E-state index in [-0.39, 0.29) is 5.91 Å². The fourth-order valence-corrected chi connectivity index (χ4v) is 3.77. The molecule has 0 saturated heterocycles. The van der Waals surface area contributed by atoms with Gasteiger partial charge >= 0.3 is 0 Å². The van der Waals surface area contributed by atoms with Gasteiger partial charge in [-0.15, -0.1) is 0 Å². The minimum absolute atomic E-state index is 0.290. The number of nitrogens with zero attached hydrogens (tertiary/aromatic N) is 6. The minimum atomic E-state index is -0.290. The Kier molecular flexibility index (Phi) is 7.72. The number of anilines is 4. The van der Waals surface area contributed by atoms with Crippen LogP contribution in [0, 0.1) is 0 Å². The van der Waals surface area contributed by atoms with Gasteiger partial charge in [0.15, 0.2) is 0 Å². The number of rotatable bonds is 9. The first-order valence-electron chi connectivity index (χ1n) is 11.3. The fourth-order valence-electron chi connectivity index (χ4n) is 3.60. The van der Waals surface area contributed by atoms with E-state index in [1.54, 1.807) is 30.9 Å². The molecule has 1 amide bonds. The van der Waals surface area contributed by atoms with Crippen LogP contribution in [0.5, 0.6) is 0 Å². The third kappa shape index (κ3) is 5.94. The van der Waals surface area contributed by atoms with Crippen LogP contribution in [-0.4, -0.2) is 65.0 Å². The van der Waals surface area contributed by atoms with Crippen LogP contribution in [-0.2, 0) is 4.79 Å². The average molecular weight is 503 g/mol. The Hall–Kier alpha value is -4.08. The van der Waals surface area contributed by atoms with Crippen molar-refractivity contribution in [3.63, 3.8) is 0 Å². The molecule has 0 aliphatic heterocycles. The third-order valence-corrected chi connectivity index (χ3v) is 5.67. The van der Waals surface area contributed by atoms with Crippen molar-refractivity contribution in [2.75, 3.05) is 49.8 Å². The van der Waals surface area contributed by atoms with E-state index in [1.807, 2.05) is 45.4 Å². The summed E-state index contributed by atoms with van der Waals surface area (Å²) in [4.78, 5) is 34.1. The molecule has 0 aliphatic rings. The zero-order chi connectivity index (χ0) is 25.7. The first kappa shape index (κ1) is 25.0. The lowest BCUT2D eigenvalue weighted by Gasteiger charge is -2.24. The average Bonchev–Trinajstić information content (AvgIpc) is 2.87. The van der Waals surface area contributed by atoms with Crippen LogP contribution in [0.2, 0.25) is 5.02 Å². The van der Waals surface area contributed by atoms with E-state index < -0.39 is 0 Å². The highest BCUT2D eigenvalue weighted by Crippen LogP contribution is 2.31. The fraction of sp³-hybridized carbons (Fsp3) is 0.192. The van der Waals surface area contributed by atoms with Gasteiger partial charge in [-0.2, -0.15) is 0 Å². The summed E-state index contributed by atoms with van der Waals surface area (Å²) in [7, 11) is 6.03. The van der Waals surface area contributed by atoms with E-state index >= 15 is 0 Å². The summed E-state index contributed by atoms with van der Waals surface area (Å²) >= 11 is 6.14. The number of fused-ring (bicyclic) bond motifs is 1. The molecular weight excluding hydrogens is 476 g/mol. The molecule has 3 aromatic heterocycles. The number of nitrogens with one attached hydrogen (secondary N) is 2. The van der Waals surface area contributed by atoms with Crippen molar-refractivity contribution in [1.82, 2.24) is 24.8 Å². The molecule has 0 atom stereocenters. The molecule has 4 rings (SSSR count). The Morgan fingerprint density at radius 2 is 1.92 bits per heavy atom. The van der Waals surface area contributed by atoms with E-state index in [1.165, 1.54) is 6.08 Å². The maximum absolute atomic E-state index is 12.1. The predicted octanol–water partition coefficient (Wildman–Crippen LogP) is 4.61. The lowest BCUT2D eigenvalue weighted by Crippen LogP contribution is -2.29. The van der Waals surface area contributed by atoms with Gasteiger partial charge in [0.05, 0.1) is 22.1 Å². The number of hydrogen-bond acceptors (Lipinski definition) is 8. The zero-order valence-electron chi connectivity index (χ0n) is 20.4. The van der Waals surface area contributed by atoms with Crippen LogP contribution in [0.1, 0.15) is 0 Å². The summed E-state index contributed by atoms with van der Waals surface area (Å²) < 4.78 is 0. The molecule has 0 radical (unpaired) electrons. The summed E-state index contributed by atoms with van der Waals surface area (Å²) in [5.74, 6) is 0.101. The zero-order valence-corrected chi connectivity index (χ0v) is 21.1.